The Morgan fingerprint density at radius 2 is 1.76 bits per heavy atom. The number of carbonyl (C=O) groups is 1. The highest BCUT2D eigenvalue weighted by Gasteiger charge is 2.49. The molecule has 1 saturated carbocycles. The average molecular weight is 244 g/mol. The molecular formula is C15H20OSi. The zero-order valence-electron chi connectivity index (χ0n) is 10.9. The summed E-state index contributed by atoms with van der Waals surface area (Å²) in [5.41, 5.74) is 3.15. The maximum Gasteiger partial charge on any atom is 0.165 e. The van der Waals surface area contributed by atoms with Gasteiger partial charge in [0.15, 0.2) is 5.78 Å². The fourth-order valence-corrected chi connectivity index (χ4v) is 2.70. The Bertz CT molecular complexity index is 436. The first kappa shape index (κ1) is 12.3. The van der Waals surface area contributed by atoms with Crippen LogP contribution in [-0.4, -0.2) is 13.9 Å². The van der Waals surface area contributed by atoms with Crippen LogP contribution in [0.1, 0.15) is 18.4 Å². The third kappa shape index (κ3) is 2.75. The van der Waals surface area contributed by atoms with E-state index in [2.05, 4.69) is 37.5 Å². The molecule has 0 N–H and O–H groups in total. The first-order valence-electron chi connectivity index (χ1n) is 6.23. The molecule has 0 aliphatic heterocycles. The molecule has 2 heteroatoms. The number of benzene rings is 1. The number of allylic oxidation sites excluding steroid dienone is 1. The van der Waals surface area contributed by atoms with Crippen LogP contribution >= 0.6 is 0 Å². The van der Waals surface area contributed by atoms with Crippen molar-refractivity contribution in [2.75, 3.05) is 0 Å². The maximum atomic E-state index is 12.3. The Labute approximate surface area is 105 Å². The molecule has 17 heavy (non-hydrogen) atoms. The summed E-state index contributed by atoms with van der Waals surface area (Å²) in [4.78, 5) is 12.3. The van der Waals surface area contributed by atoms with Gasteiger partial charge in [-0.15, -0.1) is 0 Å². The molecule has 1 aromatic rings. The van der Waals surface area contributed by atoms with Gasteiger partial charge in [0.1, 0.15) is 0 Å². The second-order valence-corrected chi connectivity index (χ2v) is 11.1. The van der Waals surface area contributed by atoms with Crippen LogP contribution < -0.4 is 0 Å². The fraction of sp³-hybridized carbons (Fsp3) is 0.400. The molecule has 2 rings (SSSR count). The summed E-state index contributed by atoms with van der Waals surface area (Å²) in [6, 6.07) is 10.2. The van der Waals surface area contributed by atoms with Gasteiger partial charge in [-0.1, -0.05) is 55.7 Å². The van der Waals surface area contributed by atoms with E-state index in [1.54, 1.807) is 0 Å². The molecule has 0 unspecified atom stereocenters. The lowest BCUT2D eigenvalue weighted by Crippen LogP contribution is -2.21. The SMILES string of the molecule is C[Si](C)(C)C=CC(=O)C1(c2ccccc2)CC1. The van der Waals surface area contributed by atoms with Crippen molar-refractivity contribution >= 4 is 13.9 Å². The van der Waals surface area contributed by atoms with Crippen LogP contribution in [0.15, 0.2) is 42.1 Å². The number of hydrogen-bond acceptors (Lipinski definition) is 1. The molecule has 1 aliphatic rings. The molecule has 0 heterocycles. The normalized spacial score (nSPS) is 18.3. The van der Waals surface area contributed by atoms with E-state index in [4.69, 9.17) is 0 Å². The number of hydrogen-bond donors (Lipinski definition) is 0. The number of rotatable bonds is 4. The van der Waals surface area contributed by atoms with Crippen molar-refractivity contribution in [2.45, 2.75) is 37.9 Å². The lowest BCUT2D eigenvalue weighted by Gasteiger charge is -2.13. The highest BCUT2D eigenvalue weighted by Crippen LogP contribution is 2.49. The molecule has 0 radical (unpaired) electrons. The van der Waals surface area contributed by atoms with Gasteiger partial charge in [-0.3, -0.25) is 4.79 Å². The van der Waals surface area contributed by atoms with E-state index in [1.165, 1.54) is 5.56 Å². The summed E-state index contributed by atoms with van der Waals surface area (Å²) >= 11 is 0. The Morgan fingerprint density at radius 1 is 1.18 bits per heavy atom. The van der Waals surface area contributed by atoms with Crippen LogP contribution in [0.3, 0.4) is 0 Å². The molecule has 0 atom stereocenters. The van der Waals surface area contributed by atoms with Gasteiger partial charge < -0.3 is 0 Å². The number of carbonyl (C=O) groups excluding carboxylic acids is 1. The predicted molar refractivity (Wildman–Crippen MR) is 74.8 cm³/mol. The van der Waals surface area contributed by atoms with Crippen molar-refractivity contribution in [1.29, 1.82) is 0 Å². The molecule has 90 valence electrons. The first-order valence-corrected chi connectivity index (χ1v) is 9.81. The van der Waals surface area contributed by atoms with Gasteiger partial charge in [0.2, 0.25) is 0 Å². The van der Waals surface area contributed by atoms with Crippen LogP contribution in [0, 0.1) is 0 Å². The zero-order chi connectivity index (χ0) is 12.5. The molecule has 0 spiro atoms. The predicted octanol–water partition coefficient (Wildman–Crippen LogP) is 3.72. The van der Waals surface area contributed by atoms with E-state index < -0.39 is 8.07 Å². The van der Waals surface area contributed by atoms with E-state index in [0.29, 0.717) is 5.78 Å². The first-order chi connectivity index (χ1) is 7.94. The summed E-state index contributed by atoms with van der Waals surface area (Å²) in [6.07, 6.45) is 3.85. The van der Waals surface area contributed by atoms with Crippen molar-refractivity contribution in [3.05, 3.63) is 47.7 Å². The third-order valence-corrected chi connectivity index (χ3v) is 4.45. The lowest BCUT2D eigenvalue weighted by molar-refractivity contribution is -0.116. The van der Waals surface area contributed by atoms with Gasteiger partial charge in [-0.25, -0.2) is 0 Å². The minimum absolute atomic E-state index is 0.183. The van der Waals surface area contributed by atoms with Crippen molar-refractivity contribution in [3.8, 4) is 0 Å². The van der Waals surface area contributed by atoms with Crippen molar-refractivity contribution in [3.63, 3.8) is 0 Å². The van der Waals surface area contributed by atoms with Crippen LogP contribution in [0.4, 0.5) is 0 Å². The molecule has 1 nitrogen and oxygen atoms in total. The third-order valence-electron chi connectivity index (χ3n) is 3.28. The van der Waals surface area contributed by atoms with Gasteiger partial charge >= 0.3 is 0 Å². The molecule has 1 fully saturated rings. The summed E-state index contributed by atoms with van der Waals surface area (Å²) in [6.45, 7) is 6.75. The quantitative estimate of drug-likeness (QED) is 0.583. The number of ketones is 1. The standard InChI is InChI=1S/C15H20OSi/c1-17(2,3)12-9-14(16)15(10-11-15)13-7-5-4-6-8-13/h4-9,12H,10-11H2,1-3H3. The zero-order valence-corrected chi connectivity index (χ0v) is 11.9. The van der Waals surface area contributed by atoms with Crippen LogP contribution in [0.25, 0.3) is 0 Å². The molecule has 0 saturated heterocycles. The lowest BCUT2D eigenvalue weighted by atomic mass is 9.91. The maximum absolute atomic E-state index is 12.3. The van der Waals surface area contributed by atoms with Gasteiger partial charge in [-0.2, -0.15) is 0 Å². The van der Waals surface area contributed by atoms with Crippen LogP contribution in [0.2, 0.25) is 19.6 Å². The molecule has 1 aromatic carbocycles. The summed E-state index contributed by atoms with van der Waals surface area (Å²) in [5, 5.41) is 0. The molecule has 1 aliphatic carbocycles. The van der Waals surface area contributed by atoms with Crippen molar-refractivity contribution < 1.29 is 4.79 Å². The van der Waals surface area contributed by atoms with Gasteiger partial charge in [-0.05, 0) is 24.5 Å². The largest absolute Gasteiger partial charge is 0.294 e. The van der Waals surface area contributed by atoms with Gasteiger partial charge in [0.25, 0.3) is 0 Å². The Kier molecular flexibility index (Phi) is 3.08. The van der Waals surface area contributed by atoms with E-state index in [0.717, 1.165) is 12.8 Å². The monoisotopic (exact) mass is 244 g/mol. The Balaban J connectivity index is 2.18. The molecule has 0 amide bonds. The summed E-state index contributed by atoms with van der Waals surface area (Å²) in [7, 11) is -1.27. The minimum Gasteiger partial charge on any atom is -0.294 e. The topological polar surface area (TPSA) is 17.1 Å². The summed E-state index contributed by atoms with van der Waals surface area (Å²) < 4.78 is 0. The van der Waals surface area contributed by atoms with Crippen molar-refractivity contribution in [1.82, 2.24) is 0 Å². The fourth-order valence-electron chi connectivity index (χ4n) is 2.04. The second kappa shape index (κ2) is 4.26. The van der Waals surface area contributed by atoms with Crippen LogP contribution in [-0.2, 0) is 10.2 Å². The molecule has 0 bridgehead atoms. The molecular weight excluding hydrogens is 224 g/mol. The highest BCUT2D eigenvalue weighted by molar-refractivity contribution is 6.81. The summed E-state index contributed by atoms with van der Waals surface area (Å²) in [5.74, 6) is 0.297. The Hall–Kier alpha value is -1.15. The minimum atomic E-state index is -1.27. The Morgan fingerprint density at radius 3 is 2.24 bits per heavy atom. The van der Waals surface area contributed by atoms with E-state index >= 15 is 0 Å². The van der Waals surface area contributed by atoms with Gasteiger partial charge in [0.05, 0.1) is 13.5 Å². The smallest absolute Gasteiger partial charge is 0.165 e. The van der Waals surface area contributed by atoms with Crippen LogP contribution in [0.5, 0.6) is 0 Å². The van der Waals surface area contributed by atoms with Gasteiger partial charge in [0, 0.05) is 0 Å². The second-order valence-electron chi connectivity index (χ2n) is 6.01. The average Bonchev–Trinajstić information content (AvgIpc) is 3.07. The van der Waals surface area contributed by atoms with E-state index in [9.17, 15) is 4.79 Å². The molecule has 0 aromatic heterocycles. The van der Waals surface area contributed by atoms with E-state index in [1.807, 2.05) is 24.3 Å². The highest BCUT2D eigenvalue weighted by atomic mass is 28.3. The van der Waals surface area contributed by atoms with E-state index in [-0.39, 0.29) is 5.41 Å². The van der Waals surface area contributed by atoms with Crippen molar-refractivity contribution in [2.24, 2.45) is 0 Å².